The van der Waals surface area contributed by atoms with Crippen molar-refractivity contribution in [1.29, 1.82) is 0 Å². The largest absolute Gasteiger partial charge is 0.0986 e. The van der Waals surface area contributed by atoms with Crippen LogP contribution in [0.15, 0.2) is 53.3 Å². The van der Waals surface area contributed by atoms with Crippen molar-refractivity contribution in [2.75, 3.05) is 0 Å². The van der Waals surface area contributed by atoms with Gasteiger partial charge in [-0.05, 0) is 31.2 Å². The summed E-state index contributed by atoms with van der Waals surface area (Å²) in [6, 6.07) is 13.0. The van der Waals surface area contributed by atoms with Gasteiger partial charge in [0.2, 0.25) is 0 Å². The first kappa shape index (κ1) is 16.8. The van der Waals surface area contributed by atoms with E-state index in [-0.39, 0.29) is 0 Å². The van der Waals surface area contributed by atoms with Crippen molar-refractivity contribution in [3.8, 4) is 0 Å². The first-order valence-corrected chi connectivity index (χ1v) is 11.8. The maximum atomic E-state index is 2.45. The molecule has 2 aliphatic carbocycles. The fourth-order valence-corrected chi connectivity index (χ4v) is 8.36. The van der Waals surface area contributed by atoms with Crippen LogP contribution in [0.25, 0.3) is 0 Å². The normalized spacial score (nSPS) is 20.2. The molecule has 1 saturated carbocycles. The van der Waals surface area contributed by atoms with Crippen LogP contribution in [0.1, 0.15) is 64.7 Å². The van der Waals surface area contributed by atoms with Crippen LogP contribution in [-0.4, -0.2) is 8.80 Å². The maximum Gasteiger partial charge on any atom is 0.0986 e. The summed E-state index contributed by atoms with van der Waals surface area (Å²) in [5, 5.41) is 3.56. The van der Waals surface area contributed by atoms with Crippen LogP contribution in [0.5, 0.6) is 0 Å². The second-order valence-electron chi connectivity index (χ2n) is 7.46. The monoisotopic (exact) mass is 324 g/mol. The van der Waals surface area contributed by atoms with Crippen LogP contribution in [0.3, 0.4) is 0 Å². The smallest absolute Gasteiger partial charge is 0.0806 e. The van der Waals surface area contributed by atoms with Crippen LogP contribution < -0.4 is 5.19 Å². The van der Waals surface area contributed by atoms with Gasteiger partial charge in [0.15, 0.2) is 0 Å². The molecular weight excluding hydrogens is 292 g/mol. The Balaban J connectivity index is 1.82. The number of hydrogen-bond donors (Lipinski definition) is 0. The molecule has 0 saturated heterocycles. The molecule has 0 heterocycles. The Labute approximate surface area is 144 Å². The predicted molar refractivity (Wildman–Crippen MR) is 105 cm³/mol. The summed E-state index contributed by atoms with van der Waals surface area (Å²) in [6.07, 6.45) is 17.5. The topological polar surface area (TPSA) is 0 Å². The predicted octanol–water partition coefficient (Wildman–Crippen LogP) is 5.69. The Bertz CT molecular complexity index is 534. The average Bonchev–Trinajstić information content (AvgIpc) is 3.07. The highest BCUT2D eigenvalue weighted by Gasteiger charge is 2.26. The van der Waals surface area contributed by atoms with Gasteiger partial charge in [-0.3, -0.25) is 0 Å². The zero-order valence-electron chi connectivity index (χ0n) is 14.8. The summed E-state index contributed by atoms with van der Waals surface area (Å²) in [5.74, 6) is 1.00. The molecule has 23 heavy (non-hydrogen) atoms. The van der Waals surface area contributed by atoms with Gasteiger partial charge in [0.25, 0.3) is 0 Å². The van der Waals surface area contributed by atoms with Crippen molar-refractivity contribution in [2.45, 2.75) is 70.8 Å². The molecular formula is C22H32Si. The Morgan fingerprint density at radius 1 is 1.04 bits per heavy atom. The van der Waals surface area contributed by atoms with Gasteiger partial charge >= 0.3 is 0 Å². The second kappa shape index (κ2) is 8.68. The highest BCUT2D eigenvalue weighted by atomic mass is 28.3. The summed E-state index contributed by atoms with van der Waals surface area (Å²) >= 11 is 0. The molecule has 1 unspecified atom stereocenters. The third-order valence-electron chi connectivity index (χ3n) is 5.79. The van der Waals surface area contributed by atoms with Crippen LogP contribution in [0.2, 0.25) is 6.04 Å². The Morgan fingerprint density at radius 3 is 2.57 bits per heavy atom. The summed E-state index contributed by atoms with van der Waals surface area (Å²) in [4.78, 5) is 0. The lowest BCUT2D eigenvalue weighted by Crippen LogP contribution is -2.35. The van der Waals surface area contributed by atoms with Gasteiger partial charge in [0.05, 0.1) is 8.80 Å². The number of benzene rings is 1. The van der Waals surface area contributed by atoms with Gasteiger partial charge in [-0.15, -0.1) is 0 Å². The third-order valence-corrected chi connectivity index (χ3v) is 9.56. The molecule has 0 bridgehead atoms. The number of allylic oxidation sites excluding steroid dienone is 4. The lowest BCUT2D eigenvalue weighted by Gasteiger charge is -2.28. The number of rotatable bonds is 7. The van der Waals surface area contributed by atoms with Crippen molar-refractivity contribution in [1.82, 2.24) is 0 Å². The van der Waals surface area contributed by atoms with E-state index in [1.165, 1.54) is 63.8 Å². The second-order valence-corrected chi connectivity index (χ2v) is 10.4. The van der Waals surface area contributed by atoms with Gasteiger partial charge in [-0.25, -0.2) is 0 Å². The summed E-state index contributed by atoms with van der Waals surface area (Å²) in [6.45, 7) is 2.31. The molecule has 0 nitrogen and oxygen atoms in total. The molecule has 0 aromatic heterocycles. The molecule has 0 N–H and O–H groups in total. The molecule has 0 amide bonds. The van der Waals surface area contributed by atoms with Crippen LogP contribution in [0, 0.1) is 5.92 Å². The van der Waals surface area contributed by atoms with Crippen molar-refractivity contribution in [3.05, 3.63) is 53.3 Å². The van der Waals surface area contributed by atoms with Crippen molar-refractivity contribution in [3.63, 3.8) is 0 Å². The zero-order chi connectivity index (χ0) is 15.9. The van der Waals surface area contributed by atoms with E-state index >= 15 is 0 Å². The zero-order valence-corrected chi connectivity index (χ0v) is 15.9. The molecule has 1 heteroatoms. The van der Waals surface area contributed by atoms with Crippen molar-refractivity contribution < 1.29 is 0 Å². The molecule has 3 rings (SSSR count). The Morgan fingerprint density at radius 2 is 1.83 bits per heavy atom. The van der Waals surface area contributed by atoms with Crippen molar-refractivity contribution >= 4 is 14.0 Å². The van der Waals surface area contributed by atoms with E-state index in [2.05, 4.69) is 49.4 Å². The van der Waals surface area contributed by atoms with E-state index in [9.17, 15) is 0 Å². The highest BCUT2D eigenvalue weighted by Crippen LogP contribution is 2.33. The van der Waals surface area contributed by atoms with Gasteiger partial charge in [0, 0.05) is 0 Å². The Hall–Kier alpha value is -1.08. The highest BCUT2D eigenvalue weighted by molar-refractivity contribution is 6.80. The van der Waals surface area contributed by atoms with Crippen molar-refractivity contribution in [2.24, 2.45) is 5.92 Å². The average molecular weight is 325 g/mol. The number of hydrogen-bond acceptors (Lipinski definition) is 0. The minimum absolute atomic E-state index is 1.00. The molecule has 124 valence electrons. The third kappa shape index (κ3) is 4.47. The van der Waals surface area contributed by atoms with Gasteiger partial charge in [-0.1, -0.05) is 104 Å². The minimum atomic E-state index is -1.00. The molecule has 1 atom stereocenters. The molecule has 1 fully saturated rings. The molecule has 1 aromatic rings. The first-order valence-electron chi connectivity index (χ1n) is 9.82. The SMILES string of the molecule is CCCCC1=C([SiH](CC2CCCCC2)c2ccccc2)CC=C1. The maximum absolute atomic E-state index is 2.45. The minimum Gasteiger partial charge on any atom is -0.0806 e. The Kier molecular flexibility index (Phi) is 6.33. The van der Waals surface area contributed by atoms with E-state index in [4.69, 9.17) is 0 Å². The molecule has 2 aliphatic rings. The van der Waals surface area contributed by atoms with E-state index in [0.717, 1.165) is 5.92 Å². The summed E-state index contributed by atoms with van der Waals surface area (Å²) < 4.78 is 0. The van der Waals surface area contributed by atoms with Crippen LogP contribution in [0.4, 0.5) is 0 Å². The summed E-state index contributed by atoms with van der Waals surface area (Å²) in [7, 11) is -1.00. The van der Waals surface area contributed by atoms with E-state index < -0.39 is 8.80 Å². The first-order chi connectivity index (χ1) is 11.4. The van der Waals surface area contributed by atoms with Gasteiger partial charge in [0.1, 0.15) is 0 Å². The molecule has 0 aliphatic heterocycles. The van der Waals surface area contributed by atoms with Gasteiger partial charge in [-0.2, -0.15) is 0 Å². The molecule has 0 radical (unpaired) electrons. The van der Waals surface area contributed by atoms with Crippen LogP contribution in [-0.2, 0) is 0 Å². The molecule has 1 aromatic carbocycles. The standard InChI is InChI=1S/C22H32Si/c1-2-3-13-20-14-10-17-22(20)23(21-15-8-5-9-16-21)18-19-11-6-4-7-12-19/h5,8-10,14-16,19,23H,2-4,6-7,11-13,17-18H2,1H3. The lowest BCUT2D eigenvalue weighted by molar-refractivity contribution is 0.384. The number of unbranched alkanes of at least 4 members (excludes halogenated alkanes) is 1. The van der Waals surface area contributed by atoms with E-state index in [1.807, 2.05) is 5.20 Å². The lowest BCUT2D eigenvalue weighted by atomic mass is 9.91. The van der Waals surface area contributed by atoms with Crippen LogP contribution >= 0.6 is 0 Å². The fraction of sp³-hybridized carbons (Fsp3) is 0.545. The summed E-state index contributed by atoms with van der Waals surface area (Å²) in [5.41, 5.74) is 1.71. The molecule has 0 spiro atoms. The van der Waals surface area contributed by atoms with E-state index in [0.29, 0.717) is 0 Å². The fourth-order valence-electron chi connectivity index (χ4n) is 4.46. The van der Waals surface area contributed by atoms with Gasteiger partial charge < -0.3 is 0 Å². The van der Waals surface area contributed by atoms with E-state index in [1.54, 1.807) is 10.8 Å². The quantitative estimate of drug-likeness (QED) is 0.565.